The second-order valence-electron chi connectivity index (χ2n) is 7.52. The van der Waals surface area contributed by atoms with E-state index in [9.17, 15) is 4.79 Å². The average molecular weight is 441 g/mol. The van der Waals surface area contributed by atoms with Crippen LogP contribution >= 0.6 is 11.3 Å². The van der Waals surface area contributed by atoms with E-state index in [0.29, 0.717) is 11.6 Å². The van der Waals surface area contributed by atoms with Gasteiger partial charge in [0.25, 0.3) is 5.91 Å². The van der Waals surface area contributed by atoms with E-state index in [4.69, 9.17) is 0 Å². The van der Waals surface area contributed by atoms with Crippen molar-refractivity contribution in [2.24, 2.45) is 0 Å². The number of carbonyl (C=O) groups excluding carboxylic acids is 1. The number of thiophene rings is 1. The summed E-state index contributed by atoms with van der Waals surface area (Å²) in [7, 11) is 3.52. The van der Waals surface area contributed by atoms with Crippen molar-refractivity contribution in [2.45, 2.75) is 0 Å². The Hall–Kier alpha value is -4.04. The van der Waals surface area contributed by atoms with Crippen molar-refractivity contribution < 1.29 is 4.79 Å². The van der Waals surface area contributed by atoms with Crippen molar-refractivity contribution in [3.05, 3.63) is 78.1 Å². The van der Waals surface area contributed by atoms with Gasteiger partial charge in [-0.25, -0.2) is 9.97 Å². The van der Waals surface area contributed by atoms with Gasteiger partial charge in [-0.3, -0.25) is 9.89 Å². The van der Waals surface area contributed by atoms with Crippen LogP contribution in [0, 0.1) is 0 Å². The number of fused-ring (bicyclic) bond motifs is 1. The first-order valence-corrected chi connectivity index (χ1v) is 10.8. The first kappa shape index (κ1) is 19.9. The normalized spacial score (nSPS) is 10.9. The summed E-state index contributed by atoms with van der Waals surface area (Å²) in [6.45, 7) is 0. The highest BCUT2D eigenvalue weighted by atomic mass is 32.1. The molecule has 0 fully saturated rings. The molecule has 5 rings (SSSR count). The smallest absolute Gasteiger partial charge is 0.263 e. The van der Waals surface area contributed by atoms with Gasteiger partial charge in [0.05, 0.1) is 11.1 Å². The van der Waals surface area contributed by atoms with Crippen LogP contribution in [-0.4, -0.2) is 45.1 Å². The van der Waals surface area contributed by atoms with Crippen LogP contribution in [0.3, 0.4) is 0 Å². The summed E-state index contributed by atoms with van der Waals surface area (Å²) in [6, 6.07) is 17.9. The molecule has 0 aliphatic carbocycles. The molecule has 8 heteroatoms. The minimum Gasteiger partial charge on any atom is -0.344 e. The molecule has 0 bridgehead atoms. The Labute approximate surface area is 188 Å². The van der Waals surface area contributed by atoms with Gasteiger partial charge >= 0.3 is 0 Å². The number of aromatic amines is 1. The van der Waals surface area contributed by atoms with E-state index in [0.717, 1.165) is 37.3 Å². The van der Waals surface area contributed by atoms with E-state index < -0.39 is 0 Å². The number of carbonyl (C=O) groups is 1. The molecule has 0 atom stereocenters. The Morgan fingerprint density at radius 2 is 1.81 bits per heavy atom. The molecule has 32 heavy (non-hydrogen) atoms. The molecule has 3 heterocycles. The minimum atomic E-state index is 0.00832. The number of hydrogen-bond acceptors (Lipinski definition) is 6. The summed E-state index contributed by atoms with van der Waals surface area (Å²) < 4.78 is 1.03. The van der Waals surface area contributed by atoms with Crippen LogP contribution in [0.1, 0.15) is 9.67 Å². The summed E-state index contributed by atoms with van der Waals surface area (Å²) >= 11 is 1.48. The lowest BCUT2D eigenvalue weighted by Gasteiger charge is -2.08. The van der Waals surface area contributed by atoms with Gasteiger partial charge in [0.1, 0.15) is 5.82 Å². The topological polar surface area (TPSA) is 86.8 Å². The van der Waals surface area contributed by atoms with E-state index >= 15 is 0 Å². The predicted octanol–water partition coefficient (Wildman–Crippen LogP) is 5.19. The van der Waals surface area contributed by atoms with Crippen LogP contribution in [0.4, 0.5) is 11.5 Å². The highest BCUT2D eigenvalue weighted by Gasteiger charge is 2.13. The van der Waals surface area contributed by atoms with Gasteiger partial charge < -0.3 is 10.2 Å². The number of H-pyrrole nitrogens is 1. The van der Waals surface area contributed by atoms with Crippen molar-refractivity contribution in [3.63, 3.8) is 0 Å². The first-order chi connectivity index (χ1) is 15.6. The first-order valence-electron chi connectivity index (χ1n) is 10.0. The molecule has 0 aliphatic rings. The fraction of sp³-hybridized carbons (Fsp3) is 0.0833. The lowest BCUT2D eigenvalue weighted by molar-refractivity contribution is 0.0832. The van der Waals surface area contributed by atoms with E-state index in [2.05, 4.69) is 25.5 Å². The maximum atomic E-state index is 12.3. The summed E-state index contributed by atoms with van der Waals surface area (Å²) in [5.74, 6) is 1.34. The zero-order valence-electron chi connectivity index (χ0n) is 17.5. The van der Waals surface area contributed by atoms with Crippen molar-refractivity contribution in [1.82, 2.24) is 25.1 Å². The fourth-order valence-corrected chi connectivity index (χ4v) is 4.49. The van der Waals surface area contributed by atoms with Crippen LogP contribution < -0.4 is 5.32 Å². The van der Waals surface area contributed by atoms with Crippen molar-refractivity contribution in [1.29, 1.82) is 0 Å². The Bertz CT molecular complexity index is 1390. The van der Waals surface area contributed by atoms with Gasteiger partial charge in [-0.05, 0) is 41.3 Å². The summed E-state index contributed by atoms with van der Waals surface area (Å²) in [4.78, 5) is 23.7. The van der Waals surface area contributed by atoms with Crippen LogP contribution in [-0.2, 0) is 0 Å². The largest absolute Gasteiger partial charge is 0.344 e. The second kappa shape index (κ2) is 8.24. The molecule has 5 aromatic rings. The molecule has 0 saturated heterocycles. The Balaban J connectivity index is 1.38. The molecule has 7 nitrogen and oxygen atoms in total. The Morgan fingerprint density at radius 1 is 1.00 bits per heavy atom. The number of rotatable bonds is 5. The van der Waals surface area contributed by atoms with Crippen LogP contribution in [0.15, 0.2) is 73.2 Å². The highest BCUT2D eigenvalue weighted by molar-refractivity contribution is 7.20. The monoisotopic (exact) mass is 440 g/mol. The molecule has 0 spiro atoms. The van der Waals surface area contributed by atoms with Crippen molar-refractivity contribution in [2.75, 3.05) is 19.4 Å². The number of aromatic nitrogens is 4. The van der Waals surface area contributed by atoms with Crippen LogP contribution in [0.2, 0.25) is 0 Å². The third kappa shape index (κ3) is 3.95. The average Bonchev–Trinajstić information content (AvgIpc) is 3.49. The van der Waals surface area contributed by atoms with Gasteiger partial charge in [-0.2, -0.15) is 5.10 Å². The van der Waals surface area contributed by atoms with Gasteiger partial charge in [-0.1, -0.05) is 24.3 Å². The van der Waals surface area contributed by atoms with Gasteiger partial charge in [0.2, 0.25) is 0 Å². The standard InChI is InChI=1S/C24H20N6OS/c1-30(2)24(31)21-11-16-3-4-17(12-20(16)32-21)23-25-10-9-22(29-23)28-19-7-5-15(6-8-19)18-13-26-27-14-18/h3-14H,1-2H3,(H,26,27)(H,25,28,29). The molecule has 0 aliphatic heterocycles. The number of amides is 1. The molecule has 3 aromatic heterocycles. The summed E-state index contributed by atoms with van der Waals surface area (Å²) in [5.41, 5.74) is 3.97. The summed E-state index contributed by atoms with van der Waals surface area (Å²) in [6.07, 6.45) is 5.40. The summed E-state index contributed by atoms with van der Waals surface area (Å²) in [5, 5.41) is 11.2. The molecule has 2 aromatic carbocycles. The predicted molar refractivity (Wildman–Crippen MR) is 128 cm³/mol. The van der Waals surface area contributed by atoms with E-state index in [-0.39, 0.29) is 5.91 Å². The SMILES string of the molecule is CN(C)C(=O)c1cc2ccc(-c3nccc(Nc4ccc(-c5cn[nH]c5)cc4)n3)cc2s1. The third-order valence-electron chi connectivity index (χ3n) is 5.04. The fourth-order valence-electron chi connectivity index (χ4n) is 3.37. The zero-order valence-corrected chi connectivity index (χ0v) is 18.4. The van der Waals surface area contributed by atoms with Crippen LogP contribution in [0.5, 0.6) is 0 Å². The van der Waals surface area contributed by atoms with Crippen molar-refractivity contribution in [3.8, 4) is 22.5 Å². The molecule has 1 amide bonds. The lowest BCUT2D eigenvalue weighted by atomic mass is 10.1. The number of nitrogens with zero attached hydrogens (tertiary/aromatic N) is 4. The lowest BCUT2D eigenvalue weighted by Crippen LogP contribution is -2.20. The quantitative estimate of drug-likeness (QED) is 0.393. The Kier molecular flexibility index (Phi) is 5.12. The van der Waals surface area contributed by atoms with Gasteiger partial charge in [0, 0.05) is 48.0 Å². The maximum Gasteiger partial charge on any atom is 0.263 e. The molecule has 158 valence electrons. The molecule has 0 unspecified atom stereocenters. The van der Waals surface area contributed by atoms with Crippen molar-refractivity contribution >= 4 is 38.8 Å². The number of benzene rings is 2. The van der Waals surface area contributed by atoms with Gasteiger partial charge in [0.15, 0.2) is 5.82 Å². The van der Waals surface area contributed by atoms with E-state index in [1.807, 2.05) is 60.8 Å². The van der Waals surface area contributed by atoms with Gasteiger partial charge in [-0.15, -0.1) is 11.3 Å². The number of hydrogen-bond donors (Lipinski definition) is 2. The molecule has 0 saturated carbocycles. The molecule has 0 radical (unpaired) electrons. The Morgan fingerprint density at radius 3 is 2.56 bits per heavy atom. The highest BCUT2D eigenvalue weighted by Crippen LogP contribution is 2.30. The number of nitrogens with one attached hydrogen (secondary N) is 2. The zero-order chi connectivity index (χ0) is 22.1. The number of anilines is 2. The molecular formula is C24H20N6OS. The minimum absolute atomic E-state index is 0.00832. The van der Waals surface area contributed by atoms with Crippen LogP contribution in [0.25, 0.3) is 32.6 Å². The van der Waals surface area contributed by atoms with E-state index in [1.165, 1.54) is 11.3 Å². The second-order valence-corrected chi connectivity index (χ2v) is 8.60. The molecular weight excluding hydrogens is 420 g/mol. The van der Waals surface area contributed by atoms with E-state index in [1.54, 1.807) is 31.4 Å². The molecule has 2 N–H and O–H groups in total. The maximum absolute atomic E-state index is 12.3. The third-order valence-corrected chi connectivity index (χ3v) is 6.13.